The molecular formula is C19H19N3O3. The first kappa shape index (κ1) is 15.5. The Kier molecular flexibility index (Phi) is 3.82. The number of ether oxygens (including phenoxy) is 2. The van der Waals surface area contributed by atoms with Gasteiger partial charge in [-0.3, -0.25) is 4.57 Å². The van der Waals surface area contributed by atoms with Crippen LogP contribution < -0.4 is 9.47 Å². The molecule has 0 spiro atoms. The van der Waals surface area contributed by atoms with Gasteiger partial charge < -0.3 is 19.5 Å². The van der Waals surface area contributed by atoms with Crippen LogP contribution in [-0.2, 0) is 6.54 Å². The van der Waals surface area contributed by atoms with Gasteiger partial charge in [0.15, 0.2) is 11.5 Å². The lowest BCUT2D eigenvalue weighted by atomic mass is 10.1. The zero-order valence-corrected chi connectivity index (χ0v) is 14.1. The lowest BCUT2D eigenvalue weighted by Crippen LogP contribution is -2.11. The number of hydrogen-bond donors (Lipinski definition) is 1. The van der Waals surface area contributed by atoms with Crippen LogP contribution in [0, 0.1) is 0 Å². The maximum absolute atomic E-state index is 10.1. The van der Waals surface area contributed by atoms with E-state index in [1.165, 1.54) is 0 Å². The standard InChI is InChI=1S/C19H19N3O3/c1-21(2)11-14-9-13(3-5-16(14)23)19-20-7-8-22(19)15-4-6-17-18(10-15)25-12-24-17/h3-10,23H,11-12H2,1-2H3. The molecular weight excluding hydrogens is 318 g/mol. The molecule has 2 aromatic carbocycles. The molecule has 4 rings (SSSR count). The van der Waals surface area contributed by atoms with Crippen molar-refractivity contribution in [1.29, 1.82) is 0 Å². The van der Waals surface area contributed by atoms with Crippen LogP contribution in [0.25, 0.3) is 17.1 Å². The van der Waals surface area contributed by atoms with E-state index >= 15 is 0 Å². The summed E-state index contributed by atoms with van der Waals surface area (Å²) < 4.78 is 12.8. The fraction of sp³-hybridized carbons (Fsp3) is 0.211. The van der Waals surface area contributed by atoms with E-state index in [0.717, 1.165) is 34.1 Å². The molecule has 3 aromatic rings. The molecule has 0 fully saturated rings. The average Bonchev–Trinajstić information content (AvgIpc) is 3.24. The summed E-state index contributed by atoms with van der Waals surface area (Å²) in [6.45, 7) is 0.909. The van der Waals surface area contributed by atoms with Crippen molar-refractivity contribution in [3.05, 3.63) is 54.4 Å². The zero-order chi connectivity index (χ0) is 17.4. The van der Waals surface area contributed by atoms with E-state index < -0.39 is 0 Å². The largest absolute Gasteiger partial charge is 0.508 e. The number of phenols is 1. The van der Waals surface area contributed by atoms with Crippen molar-refractivity contribution in [2.45, 2.75) is 6.54 Å². The molecule has 1 N–H and O–H groups in total. The maximum atomic E-state index is 10.1. The van der Waals surface area contributed by atoms with E-state index in [4.69, 9.17) is 9.47 Å². The first-order valence-corrected chi connectivity index (χ1v) is 8.02. The zero-order valence-electron chi connectivity index (χ0n) is 14.1. The van der Waals surface area contributed by atoms with E-state index in [0.29, 0.717) is 12.3 Å². The van der Waals surface area contributed by atoms with E-state index in [9.17, 15) is 5.11 Å². The molecule has 0 amide bonds. The van der Waals surface area contributed by atoms with Crippen molar-refractivity contribution < 1.29 is 14.6 Å². The number of aromatic nitrogens is 2. The van der Waals surface area contributed by atoms with E-state index in [1.54, 1.807) is 12.3 Å². The van der Waals surface area contributed by atoms with Crippen molar-refractivity contribution >= 4 is 0 Å². The van der Waals surface area contributed by atoms with Gasteiger partial charge in [0.25, 0.3) is 0 Å². The Bertz CT molecular complexity index is 918. The van der Waals surface area contributed by atoms with Crippen LogP contribution in [-0.4, -0.2) is 40.4 Å². The van der Waals surface area contributed by atoms with Crippen LogP contribution in [0.5, 0.6) is 17.2 Å². The summed E-state index contributed by atoms with van der Waals surface area (Å²) >= 11 is 0. The molecule has 0 unspecified atom stereocenters. The molecule has 0 saturated heterocycles. The van der Waals surface area contributed by atoms with E-state index in [1.807, 2.05) is 60.1 Å². The van der Waals surface area contributed by atoms with Crippen LogP contribution >= 0.6 is 0 Å². The summed E-state index contributed by atoms with van der Waals surface area (Å²) in [4.78, 5) is 6.52. The predicted molar refractivity (Wildman–Crippen MR) is 94.2 cm³/mol. The Hall–Kier alpha value is -2.99. The number of hydrogen-bond acceptors (Lipinski definition) is 5. The van der Waals surface area contributed by atoms with Crippen LogP contribution in [0.4, 0.5) is 0 Å². The highest BCUT2D eigenvalue weighted by atomic mass is 16.7. The second-order valence-electron chi connectivity index (χ2n) is 6.24. The number of imidazole rings is 1. The molecule has 1 aliphatic rings. The second kappa shape index (κ2) is 6.14. The van der Waals surface area contributed by atoms with Gasteiger partial charge in [-0.05, 0) is 44.4 Å². The topological polar surface area (TPSA) is 59.8 Å². The summed E-state index contributed by atoms with van der Waals surface area (Å²) in [6.07, 6.45) is 3.67. The second-order valence-corrected chi connectivity index (χ2v) is 6.24. The van der Waals surface area contributed by atoms with Gasteiger partial charge in [0, 0.05) is 36.1 Å². The first-order valence-electron chi connectivity index (χ1n) is 8.02. The van der Waals surface area contributed by atoms with Crippen LogP contribution in [0.3, 0.4) is 0 Å². The minimum atomic E-state index is 0.251. The van der Waals surface area contributed by atoms with Crippen molar-refractivity contribution in [1.82, 2.24) is 14.5 Å². The SMILES string of the molecule is CN(C)Cc1cc(-c2nccn2-c2ccc3c(c2)OCO3)ccc1O. The molecule has 0 aliphatic carbocycles. The molecule has 0 saturated carbocycles. The number of phenolic OH excluding ortho intramolecular Hbond substituents is 1. The van der Waals surface area contributed by atoms with Crippen molar-refractivity contribution in [3.63, 3.8) is 0 Å². The van der Waals surface area contributed by atoms with Crippen LogP contribution in [0.1, 0.15) is 5.56 Å². The minimum Gasteiger partial charge on any atom is -0.508 e. The molecule has 25 heavy (non-hydrogen) atoms. The Morgan fingerprint density at radius 2 is 1.96 bits per heavy atom. The van der Waals surface area contributed by atoms with E-state index in [2.05, 4.69) is 4.98 Å². The van der Waals surface area contributed by atoms with Crippen LogP contribution in [0.2, 0.25) is 0 Å². The van der Waals surface area contributed by atoms with Crippen LogP contribution in [0.15, 0.2) is 48.8 Å². The molecule has 6 heteroatoms. The molecule has 128 valence electrons. The summed E-state index contributed by atoms with van der Waals surface area (Å²) in [5, 5.41) is 10.1. The normalized spacial score (nSPS) is 12.8. The third-order valence-corrected chi connectivity index (χ3v) is 4.10. The Balaban J connectivity index is 1.75. The molecule has 0 radical (unpaired) electrons. The lowest BCUT2D eigenvalue weighted by Gasteiger charge is -2.14. The Labute approximate surface area is 145 Å². The number of benzene rings is 2. The van der Waals surface area contributed by atoms with Gasteiger partial charge in [0.1, 0.15) is 11.6 Å². The summed E-state index contributed by atoms with van der Waals surface area (Å²) in [5.41, 5.74) is 2.75. The third kappa shape index (κ3) is 2.92. The predicted octanol–water partition coefficient (Wildman–Crippen LogP) is 3.04. The molecule has 2 heterocycles. The van der Waals surface area contributed by atoms with Gasteiger partial charge in [-0.15, -0.1) is 0 Å². The van der Waals surface area contributed by atoms with Gasteiger partial charge in [0.2, 0.25) is 6.79 Å². The summed E-state index contributed by atoms with van der Waals surface area (Å²) in [7, 11) is 3.94. The molecule has 6 nitrogen and oxygen atoms in total. The summed E-state index contributed by atoms with van der Waals surface area (Å²) in [5.74, 6) is 2.58. The minimum absolute atomic E-state index is 0.251. The van der Waals surface area contributed by atoms with Gasteiger partial charge in [-0.2, -0.15) is 0 Å². The summed E-state index contributed by atoms with van der Waals surface area (Å²) in [6, 6.07) is 11.4. The van der Waals surface area contributed by atoms with E-state index in [-0.39, 0.29) is 6.79 Å². The van der Waals surface area contributed by atoms with Gasteiger partial charge in [0.05, 0.1) is 5.69 Å². The average molecular weight is 337 g/mol. The lowest BCUT2D eigenvalue weighted by molar-refractivity contribution is 0.174. The Morgan fingerprint density at radius 3 is 2.80 bits per heavy atom. The fourth-order valence-electron chi connectivity index (χ4n) is 2.95. The number of rotatable bonds is 4. The van der Waals surface area contributed by atoms with Gasteiger partial charge in [-0.1, -0.05) is 0 Å². The quantitative estimate of drug-likeness (QED) is 0.793. The highest BCUT2D eigenvalue weighted by molar-refractivity contribution is 5.62. The number of nitrogens with zero attached hydrogens (tertiary/aromatic N) is 3. The van der Waals surface area contributed by atoms with Crippen molar-refractivity contribution in [3.8, 4) is 34.3 Å². The number of fused-ring (bicyclic) bond motifs is 1. The monoisotopic (exact) mass is 337 g/mol. The Morgan fingerprint density at radius 1 is 1.12 bits per heavy atom. The molecule has 0 bridgehead atoms. The molecule has 1 aromatic heterocycles. The smallest absolute Gasteiger partial charge is 0.231 e. The van der Waals surface area contributed by atoms with Crippen molar-refractivity contribution in [2.24, 2.45) is 0 Å². The number of aromatic hydroxyl groups is 1. The molecule has 0 atom stereocenters. The third-order valence-electron chi connectivity index (χ3n) is 4.10. The maximum Gasteiger partial charge on any atom is 0.231 e. The highest BCUT2D eigenvalue weighted by Crippen LogP contribution is 2.35. The van der Waals surface area contributed by atoms with Gasteiger partial charge in [-0.25, -0.2) is 4.98 Å². The first-order chi connectivity index (χ1) is 12.1. The van der Waals surface area contributed by atoms with Gasteiger partial charge >= 0.3 is 0 Å². The fourth-order valence-corrected chi connectivity index (χ4v) is 2.95. The van der Waals surface area contributed by atoms with Crippen molar-refractivity contribution in [2.75, 3.05) is 20.9 Å². The highest BCUT2D eigenvalue weighted by Gasteiger charge is 2.16. The molecule has 1 aliphatic heterocycles.